The van der Waals surface area contributed by atoms with E-state index in [-0.39, 0.29) is 0 Å². The Kier molecular flexibility index (Phi) is 4.50. The third kappa shape index (κ3) is 3.49. The molecule has 2 N–H and O–H groups in total. The molecule has 0 aliphatic carbocycles. The highest BCUT2D eigenvalue weighted by Gasteiger charge is 2.23. The van der Waals surface area contributed by atoms with E-state index in [4.69, 9.17) is 5.73 Å². The van der Waals surface area contributed by atoms with Crippen LogP contribution in [0.3, 0.4) is 0 Å². The summed E-state index contributed by atoms with van der Waals surface area (Å²) in [6, 6.07) is 3.64. The maximum atomic E-state index is 13.6. The SMILES string of the molecule is CC1CN(CC(N)c2ccc(F)cc2F)CCN1C. The Labute approximate surface area is 113 Å². The molecule has 1 aliphatic heterocycles. The molecule has 0 saturated carbocycles. The van der Waals surface area contributed by atoms with Crippen molar-refractivity contribution in [3.05, 3.63) is 35.4 Å². The van der Waals surface area contributed by atoms with Crippen molar-refractivity contribution in [1.29, 1.82) is 0 Å². The van der Waals surface area contributed by atoms with E-state index in [2.05, 4.69) is 23.8 Å². The molecule has 2 unspecified atom stereocenters. The van der Waals surface area contributed by atoms with Gasteiger partial charge in [0, 0.05) is 49.9 Å². The van der Waals surface area contributed by atoms with Crippen LogP contribution in [-0.4, -0.2) is 49.1 Å². The van der Waals surface area contributed by atoms with Crippen molar-refractivity contribution in [3.63, 3.8) is 0 Å². The van der Waals surface area contributed by atoms with Gasteiger partial charge < -0.3 is 10.6 Å². The lowest BCUT2D eigenvalue weighted by atomic mass is 10.1. The fourth-order valence-electron chi connectivity index (χ4n) is 2.47. The van der Waals surface area contributed by atoms with Gasteiger partial charge in [0.25, 0.3) is 0 Å². The van der Waals surface area contributed by atoms with E-state index in [0.717, 1.165) is 25.7 Å². The standard InChI is InChI=1S/C14H21F2N3/c1-10-8-19(6-5-18(10)2)9-14(17)12-4-3-11(15)7-13(12)16/h3-4,7,10,14H,5-6,8-9,17H2,1-2H3. The lowest BCUT2D eigenvalue weighted by Gasteiger charge is -2.38. The summed E-state index contributed by atoms with van der Waals surface area (Å²) in [5.74, 6) is -1.13. The summed E-state index contributed by atoms with van der Waals surface area (Å²) < 4.78 is 26.5. The second kappa shape index (κ2) is 5.94. The normalized spacial score (nSPS) is 23.5. The molecule has 0 bridgehead atoms. The zero-order valence-corrected chi connectivity index (χ0v) is 11.4. The molecule has 0 spiro atoms. The summed E-state index contributed by atoms with van der Waals surface area (Å²) >= 11 is 0. The van der Waals surface area contributed by atoms with Crippen LogP contribution in [0, 0.1) is 11.6 Å². The number of likely N-dealkylation sites (N-methyl/N-ethyl adjacent to an activating group) is 1. The van der Waals surface area contributed by atoms with E-state index in [1.807, 2.05) is 0 Å². The minimum Gasteiger partial charge on any atom is -0.323 e. The molecular formula is C14H21F2N3. The highest BCUT2D eigenvalue weighted by atomic mass is 19.1. The Morgan fingerprint density at radius 2 is 2.11 bits per heavy atom. The summed E-state index contributed by atoms with van der Waals surface area (Å²) in [5.41, 5.74) is 6.42. The van der Waals surface area contributed by atoms with Crippen LogP contribution in [0.4, 0.5) is 8.78 Å². The molecule has 1 aliphatic rings. The van der Waals surface area contributed by atoms with Gasteiger partial charge in [0.05, 0.1) is 0 Å². The number of hydrogen-bond donors (Lipinski definition) is 1. The van der Waals surface area contributed by atoms with Gasteiger partial charge in [-0.05, 0) is 20.0 Å². The Morgan fingerprint density at radius 1 is 1.37 bits per heavy atom. The van der Waals surface area contributed by atoms with Gasteiger partial charge in [0.2, 0.25) is 0 Å². The Bertz CT molecular complexity index is 439. The number of nitrogens with two attached hydrogens (primary N) is 1. The van der Waals surface area contributed by atoms with Crippen molar-refractivity contribution in [2.45, 2.75) is 19.0 Å². The largest absolute Gasteiger partial charge is 0.323 e. The van der Waals surface area contributed by atoms with Crippen molar-refractivity contribution in [1.82, 2.24) is 9.80 Å². The van der Waals surface area contributed by atoms with Crippen molar-refractivity contribution in [3.8, 4) is 0 Å². The lowest BCUT2D eigenvalue weighted by Crippen LogP contribution is -2.51. The number of rotatable bonds is 3. The molecule has 0 aromatic heterocycles. The van der Waals surface area contributed by atoms with E-state index in [0.29, 0.717) is 18.2 Å². The van der Waals surface area contributed by atoms with Crippen molar-refractivity contribution < 1.29 is 8.78 Å². The average Bonchev–Trinajstić information content (AvgIpc) is 2.33. The van der Waals surface area contributed by atoms with Crippen LogP contribution in [0.25, 0.3) is 0 Å². The molecule has 19 heavy (non-hydrogen) atoms. The molecule has 1 aromatic rings. The first-order valence-corrected chi connectivity index (χ1v) is 6.60. The first kappa shape index (κ1) is 14.4. The topological polar surface area (TPSA) is 32.5 Å². The smallest absolute Gasteiger partial charge is 0.130 e. The molecule has 1 heterocycles. The molecule has 0 radical (unpaired) electrons. The minimum absolute atomic E-state index is 0.382. The van der Waals surface area contributed by atoms with Gasteiger partial charge in [-0.25, -0.2) is 8.78 Å². The molecule has 3 nitrogen and oxygen atoms in total. The Hall–Kier alpha value is -1.04. The molecule has 0 amide bonds. The fourth-order valence-corrected chi connectivity index (χ4v) is 2.47. The van der Waals surface area contributed by atoms with Gasteiger partial charge in [0.1, 0.15) is 11.6 Å². The predicted octanol–water partition coefficient (Wildman–Crippen LogP) is 1.60. The van der Waals surface area contributed by atoms with Crippen molar-refractivity contribution in [2.24, 2.45) is 5.73 Å². The molecule has 106 valence electrons. The second-order valence-corrected chi connectivity index (χ2v) is 5.36. The van der Waals surface area contributed by atoms with E-state index in [1.165, 1.54) is 12.1 Å². The van der Waals surface area contributed by atoms with Crippen LogP contribution in [0.15, 0.2) is 18.2 Å². The molecule has 1 saturated heterocycles. The molecule has 5 heteroatoms. The van der Waals surface area contributed by atoms with Crippen LogP contribution in [0.2, 0.25) is 0 Å². The number of halogens is 2. The summed E-state index contributed by atoms with van der Waals surface area (Å²) in [6.07, 6.45) is 0. The van der Waals surface area contributed by atoms with Crippen LogP contribution in [0.5, 0.6) is 0 Å². The highest BCUT2D eigenvalue weighted by molar-refractivity contribution is 5.22. The number of hydrogen-bond acceptors (Lipinski definition) is 3. The average molecular weight is 269 g/mol. The third-order valence-electron chi connectivity index (χ3n) is 3.86. The van der Waals surface area contributed by atoms with Gasteiger partial charge >= 0.3 is 0 Å². The van der Waals surface area contributed by atoms with Crippen LogP contribution < -0.4 is 5.73 Å². The molecular weight excluding hydrogens is 248 g/mol. The van der Waals surface area contributed by atoms with Gasteiger partial charge in [-0.3, -0.25) is 4.90 Å². The van der Waals surface area contributed by atoms with Crippen LogP contribution in [-0.2, 0) is 0 Å². The molecule has 1 aromatic carbocycles. The van der Waals surface area contributed by atoms with E-state index < -0.39 is 17.7 Å². The summed E-state index contributed by atoms with van der Waals surface area (Å²) in [6.45, 7) is 5.60. The monoisotopic (exact) mass is 269 g/mol. The quantitative estimate of drug-likeness (QED) is 0.904. The summed E-state index contributed by atoms with van der Waals surface area (Å²) in [4.78, 5) is 4.53. The number of nitrogens with zero attached hydrogens (tertiary/aromatic N) is 2. The van der Waals surface area contributed by atoms with Crippen molar-refractivity contribution in [2.75, 3.05) is 33.2 Å². The second-order valence-electron chi connectivity index (χ2n) is 5.36. The van der Waals surface area contributed by atoms with Gasteiger partial charge in [-0.15, -0.1) is 0 Å². The van der Waals surface area contributed by atoms with Crippen LogP contribution in [0.1, 0.15) is 18.5 Å². The fraction of sp³-hybridized carbons (Fsp3) is 0.571. The van der Waals surface area contributed by atoms with E-state index in [9.17, 15) is 8.78 Å². The number of piperazine rings is 1. The molecule has 2 rings (SSSR count). The first-order valence-electron chi connectivity index (χ1n) is 6.60. The lowest BCUT2D eigenvalue weighted by molar-refractivity contribution is 0.100. The third-order valence-corrected chi connectivity index (χ3v) is 3.86. The van der Waals surface area contributed by atoms with Gasteiger partial charge in [-0.1, -0.05) is 6.07 Å². The van der Waals surface area contributed by atoms with Gasteiger partial charge in [-0.2, -0.15) is 0 Å². The summed E-state index contributed by atoms with van der Waals surface area (Å²) in [5, 5.41) is 0. The van der Waals surface area contributed by atoms with E-state index in [1.54, 1.807) is 0 Å². The summed E-state index contributed by atoms with van der Waals surface area (Å²) in [7, 11) is 2.10. The zero-order valence-electron chi connectivity index (χ0n) is 11.4. The Morgan fingerprint density at radius 3 is 2.74 bits per heavy atom. The predicted molar refractivity (Wildman–Crippen MR) is 71.8 cm³/mol. The Balaban J connectivity index is 1.99. The maximum Gasteiger partial charge on any atom is 0.130 e. The first-order chi connectivity index (χ1) is 8.97. The minimum atomic E-state index is -0.568. The van der Waals surface area contributed by atoms with Crippen LogP contribution >= 0.6 is 0 Å². The molecule has 1 fully saturated rings. The zero-order chi connectivity index (χ0) is 14.0. The van der Waals surface area contributed by atoms with E-state index >= 15 is 0 Å². The number of benzene rings is 1. The maximum absolute atomic E-state index is 13.6. The van der Waals surface area contributed by atoms with Crippen molar-refractivity contribution >= 4 is 0 Å². The highest BCUT2D eigenvalue weighted by Crippen LogP contribution is 2.18. The molecule has 2 atom stereocenters. The van der Waals surface area contributed by atoms with Gasteiger partial charge in [0.15, 0.2) is 0 Å².